The fraction of sp³-hybridized carbons (Fsp3) is 0.286. The van der Waals surface area contributed by atoms with E-state index < -0.39 is 20.5 Å². The van der Waals surface area contributed by atoms with Gasteiger partial charge in [-0.15, -0.1) is 30.6 Å². The number of aromatic nitrogens is 1. The van der Waals surface area contributed by atoms with Gasteiger partial charge in [0.25, 0.3) is 5.91 Å². The molecule has 2 heterocycles. The summed E-state index contributed by atoms with van der Waals surface area (Å²) in [6, 6.07) is 1.48. The molecule has 30 heavy (non-hydrogen) atoms. The Morgan fingerprint density at radius 1 is 1.40 bits per heavy atom. The molecule has 0 saturated heterocycles. The van der Waals surface area contributed by atoms with Crippen molar-refractivity contribution in [1.29, 1.82) is 0 Å². The summed E-state index contributed by atoms with van der Waals surface area (Å²) in [6.07, 6.45) is 9.88. The standard InChI is InChI=1S/C21H22N3O5S/c1-15-4-6-16(7-5-15)8-9-17-12-18-14-23(20(26)24(18)13-17)11-10-21(2,19(25)22-27)30(3,28)29/h4-7,12-13,27H,1,10-11,14H2,2-3H3,(H,22,25)/q-1/t21-/m1/s1. The van der Waals surface area contributed by atoms with Crippen LogP contribution in [0.15, 0.2) is 48.2 Å². The lowest BCUT2D eigenvalue weighted by Gasteiger charge is -2.27. The summed E-state index contributed by atoms with van der Waals surface area (Å²) < 4.78 is 23.7. The number of amides is 2. The van der Waals surface area contributed by atoms with Gasteiger partial charge in [0.15, 0.2) is 14.6 Å². The van der Waals surface area contributed by atoms with Gasteiger partial charge in [0.1, 0.15) is 0 Å². The Bertz CT molecular complexity index is 1150. The molecule has 0 bridgehead atoms. The van der Waals surface area contributed by atoms with Crippen LogP contribution < -0.4 is 5.48 Å². The second-order valence-electron chi connectivity index (χ2n) is 7.44. The third-order valence-electron chi connectivity index (χ3n) is 5.29. The van der Waals surface area contributed by atoms with Crippen molar-refractivity contribution in [3.63, 3.8) is 0 Å². The average Bonchev–Trinajstić information content (AvgIpc) is 3.22. The summed E-state index contributed by atoms with van der Waals surface area (Å²) in [5.74, 6) is 5.03. The van der Waals surface area contributed by atoms with Gasteiger partial charge in [-0.2, -0.15) is 12.2 Å². The van der Waals surface area contributed by atoms with E-state index in [0.29, 0.717) is 5.56 Å². The molecule has 0 radical (unpaired) electrons. The molecule has 0 saturated carbocycles. The number of rotatable bonds is 5. The first-order valence-electron chi connectivity index (χ1n) is 9.14. The maximum atomic E-state index is 12.7. The summed E-state index contributed by atoms with van der Waals surface area (Å²) in [5.41, 5.74) is 4.56. The van der Waals surface area contributed by atoms with E-state index in [1.807, 2.05) is 24.6 Å². The fourth-order valence-electron chi connectivity index (χ4n) is 3.13. The molecule has 8 nitrogen and oxygen atoms in total. The van der Waals surface area contributed by atoms with Crippen molar-refractivity contribution >= 4 is 21.8 Å². The lowest BCUT2D eigenvalue weighted by Crippen LogP contribution is -2.50. The predicted octanol–water partition coefficient (Wildman–Crippen LogP) is 1.58. The molecule has 2 aliphatic rings. The van der Waals surface area contributed by atoms with Crippen molar-refractivity contribution in [3.05, 3.63) is 65.9 Å². The molecule has 0 aromatic carbocycles. The molecule has 1 aliphatic carbocycles. The highest BCUT2D eigenvalue weighted by molar-refractivity contribution is 7.92. The lowest BCUT2D eigenvalue weighted by molar-refractivity contribution is -0.131. The quantitative estimate of drug-likeness (QED) is 0.320. The van der Waals surface area contributed by atoms with Crippen LogP contribution in [-0.2, 0) is 21.2 Å². The van der Waals surface area contributed by atoms with E-state index >= 15 is 0 Å². The van der Waals surface area contributed by atoms with Gasteiger partial charge in [-0.3, -0.25) is 14.6 Å². The van der Waals surface area contributed by atoms with Crippen LogP contribution >= 0.6 is 0 Å². The number of sulfone groups is 1. The minimum Gasteiger partial charge on any atom is -0.318 e. The number of hydroxylamine groups is 1. The van der Waals surface area contributed by atoms with Gasteiger partial charge in [0.2, 0.25) is 0 Å². The van der Waals surface area contributed by atoms with E-state index in [1.54, 1.807) is 12.3 Å². The van der Waals surface area contributed by atoms with Gasteiger partial charge in [0, 0.05) is 30.3 Å². The number of carbonyl (C=O) groups is 2. The van der Waals surface area contributed by atoms with E-state index in [-0.39, 0.29) is 25.5 Å². The topological polar surface area (TPSA) is 109 Å². The second-order valence-corrected chi connectivity index (χ2v) is 9.88. The molecule has 2 N–H and O–H groups in total. The zero-order chi connectivity index (χ0) is 22.1. The van der Waals surface area contributed by atoms with Crippen molar-refractivity contribution < 1.29 is 23.2 Å². The molecule has 0 fully saturated rings. The Balaban J connectivity index is 1.69. The summed E-state index contributed by atoms with van der Waals surface area (Å²) in [5, 5.41) is 8.90. The van der Waals surface area contributed by atoms with E-state index in [4.69, 9.17) is 5.21 Å². The number of hydrogen-bond donors (Lipinski definition) is 2. The molecule has 1 aromatic rings. The highest BCUT2D eigenvalue weighted by atomic mass is 32.2. The molecular formula is C21H22N3O5S-. The van der Waals surface area contributed by atoms with Gasteiger partial charge < -0.3 is 4.90 Å². The largest absolute Gasteiger partial charge is 0.328 e. The zero-order valence-electron chi connectivity index (χ0n) is 16.7. The Labute approximate surface area is 175 Å². The van der Waals surface area contributed by atoms with Crippen molar-refractivity contribution in [2.24, 2.45) is 0 Å². The number of allylic oxidation sites excluding steroid dienone is 5. The first-order chi connectivity index (χ1) is 14.0. The highest BCUT2D eigenvalue weighted by Gasteiger charge is 2.44. The van der Waals surface area contributed by atoms with Crippen molar-refractivity contribution in [3.8, 4) is 11.8 Å². The van der Waals surface area contributed by atoms with E-state index in [2.05, 4.69) is 18.4 Å². The van der Waals surface area contributed by atoms with E-state index in [0.717, 1.165) is 23.1 Å². The highest BCUT2D eigenvalue weighted by Crippen LogP contribution is 2.25. The van der Waals surface area contributed by atoms with Crippen molar-refractivity contribution in [2.45, 2.75) is 24.6 Å². The second kappa shape index (κ2) is 7.89. The number of nitrogens with one attached hydrogen (secondary N) is 1. The smallest absolute Gasteiger partial charge is 0.318 e. The first-order valence-corrected chi connectivity index (χ1v) is 11.0. The van der Waals surface area contributed by atoms with E-state index in [1.165, 1.54) is 21.9 Å². The third kappa shape index (κ3) is 4.06. The fourth-order valence-corrected chi connectivity index (χ4v) is 3.98. The molecule has 0 spiro atoms. The normalized spacial score (nSPS) is 17.4. The molecule has 3 rings (SSSR count). The molecule has 158 valence electrons. The number of carbonyl (C=O) groups excluding carboxylic acids is 2. The molecule has 1 aliphatic heterocycles. The van der Waals surface area contributed by atoms with Gasteiger partial charge in [-0.25, -0.2) is 18.7 Å². The van der Waals surface area contributed by atoms with Crippen molar-refractivity contribution in [2.75, 3.05) is 12.8 Å². The van der Waals surface area contributed by atoms with Crippen LogP contribution in [0, 0.1) is 18.3 Å². The maximum Gasteiger partial charge on any atom is 0.328 e. The Morgan fingerprint density at radius 3 is 2.70 bits per heavy atom. The molecule has 9 heteroatoms. The van der Waals surface area contributed by atoms with Gasteiger partial charge in [-0.1, -0.05) is 11.5 Å². The SMILES string of the molecule is C=C1C=CC(C#Cc2cc3n(c2)C(=O)N(CC[C@](C)(C(=O)NO)S(C)(=O)=O)C3)=C[CH-]1. The van der Waals surface area contributed by atoms with Crippen LogP contribution in [-0.4, -0.2) is 52.6 Å². The summed E-state index contributed by atoms with van der Waals surface area (Å²) in [7, 11) is -3.82. The predicted molar refractivity (Wildman–Crippen MR) is 111 cm³/mol. The number of hydrogen-bond acceptors (Lipinski definition) is 5. The Hall–Kier alpha value is -3.22. The zero-order valence-corrected chi connectivity index (χ0v) is 17.5. The monoisotopic (exact) mass is 428 g/mol. The van der Waals surface area contributed by atoms with Crippen LogP contribution in [0.4, 0.5) is 4.79 Å². The van der Waals surface area contributed by atoms with Crippen LogP contribution in [0.3, 0.4) is 0 Å². The first kappa shape index (κ1) is 21.5. The minimum absolute atomic E-state index is 0.0376. The molecule has 2 amide bonds. The van der Waals surface area contributed by atoms with E-state index in [9.17, 15) is 18.0 Å². The molecule has 1 aromatic heterocycles. The van der Waals surface area contributed by atoms with Gasteiger partial charge in [0.05, 0.1) is 6.54 Å². The lowest BCUT2D eigenvalue weighted by atomic mass is 10.0. The number of nitrogens with zero attached hydrogens (tertiary/aromatic N) is 2. The molecule has 0 unspecified atom stereocenters. The number of fused-ring (bicyclic) bond motifs is 1. The van der Waals surface area contributed by atoms with Crippen LogP contribution in [0.5, 0.6) is 0 Å². The van der Waals surface area contributed by atoms with Crippen molar-refractivity contribution in [1.82, 2.24) is 14.9 Å². The Morgan fingerprint density at radius 2 is 2.13 bits per heavy atom. The third-order valence-corrected chi connectivity index (χ3v) is 7.32. The average molecular weight is 428 g/mol. The van der Waals surface area contributed by atoms with Crippen LogP contribution in [0.2, 0.25) is 0 Å². The molecule has 1 atom stereocenters. The van der Waals surface area contributed by atoms with Crippen LogP contribution in [0.1, 0.15) is 24.6 Å². The Kier molecular flexibility index (Phi) is 5.65. The molecular weight excluding hydrogens is 406 g/mol. The summed E-state index contributed by atoms with van der Waals surface area (Å²) in [6.45, 7) is 5.36. The summed E-state index contributed by atoms with van der Waals surface area (Å²) >= 11 is 0. The maximum absolute atomic E-state index is 12.7. The van der Waals surface area contributed by atoms with Crippen LogP contribution in [0.25, 0.3) is 0 Å². The van der Waals surface area contributed by atoms with Gasteiger partial charge >= 0.3 is 6.03 Å². The summed E-state index contributed by atoms with van der Waals surface area (Å²) in [4.78, 5) is 26.0. The van der Waals surface area contributed by atoms with Gasteiger partial charge in [-0.05, 0) is 19.4 Å². The minimum atomic E-state index is -3.82.